The Morgan fingerprint density at radius 3 is 2.09 bits per heavy atom. The van der Waals surface area contributed by atoms with E-state index in [2.05, 4.69) is 14.5 Å². The van der Waals surface area contributed by atoms with Crippen LogP contribution >= 0.6 is 11.5 Å². The Labute approximate surface area is 195 Å². The molecule has 9 nitrogen and oxygen atoms in total. The quantitative estimate of drug-likeness (QED) is 0.302. The smallest absolute Gasteiger partial charge is 0.365 e. The van der Waals surface area contributed by atoms with Gasteiger partial charge in [-0.25, -0.2) is 9.59 Å². The highest BCUT2D eigenvalue weighted by Crippen LogP contribution is 2.26. The highest BCUT2D eigenvalue weighted by atomic mass is 32.1. The van der Waals surface area contributed by atoms with Crippen molar-refractivity contribution < 1.29 is 23.9 Å². The number of hydrogen-bond acceptors (Lipinski definition) is 10. The predicted octanol–water partition coefficient (Wildman–Crippen LogP) is 3.52. The monoisotopic (exact) mass is 468 g/mol. The molecule has 0 spiro atoms. The second-order valence-electron chi connectivity index (χ2n) is 7.86. The number of rotatable bonds is 8. The van der Waals surface area contributed by atoms with Crippen LogP contribution in [0.15, 0.2) is 65.8 Å². The molecule has 2 aromatic carbocycles. The maximum absolute atomic E-state index is 13.1. The molecule has 10 heteroatoms. The molecule has 0 radical (unpaired) electrons. The molecule has 0 bridgehead atoms. The minimum Gasteiger partial charge on any atom is -0.457 e. The molecule has 0 atom stereocenters. The Morgan fingerprint density at radius 2 is 1.61 bits per heavy atom. The van der Waals surface area contributed by atoms with Crippen LogP contribution in [0.1, 0.15) is 43.8 Å². The number of carbonyl (C=O) groups excluding carboxylic acids is 2. The van der Waals surface area contributed by atoms with E-state index in [1.165, 1.54) is 0 Å². The number of benzene rings is 2. The largest absolute Gasteiger partial charge is 0.457 e. The van der Waals surface area contributed by atoms with E-state index in [0.717, 1.165) is 22.7 Å². The molecular formula is C23H24N4O5S. The molecule has 0 aliphatic carbocycles. The van der Waals surface area contributed by atoms with E-state index < -0.39 is 30.3 Å². The fraction of sp³-hybridized carbons (Fsp3) is 0.261. The Morgan fingerprint density at radius 1 is 1.03 bits per heavy atom. The lowest BCUT2D eigenvalue weighted by Gasteiger charge is -2.19. The van der Waals surface area contributed by atoms with E-state index in [1.54, 1.807) is 20.8 Å². The number of anilines is 1. The van der Waals surface area contributed by atoms with Crippen LogP contribution in [0.3, 0.4) is 0 Å². The highest BCUT2D eigenvalue weighted by Gasteiger charge is 2.27. The van der Waals surface area contributed by atoms with Gasteiger partial charge in [0.05, 0.1) is 0 Å². The molecule has 1 aromatic heterocycles. The first-order valence-electron chi connectivity index (χ1n) is 10.0. The van der Waals surface area contributed by atoms with Gasteiger partial charge in [0.15, 0.2) is 11.2 Å². The number of oxime groups is 1. The summed E-state index contributed by atoms with van der Waals surface area (Å²) in [5.41, 5.74) is 6.19. The van der Waals surface area contributed by atoms with Crippen LogP contribution in [0.25, 0.3) is 0 Å². The maximum atomic E-state index is 13.1. The van der Waals surface area contributed by atoms with Crippen molar-refractivity contribution in [2.75, 3.05) is 12.3 Å². The van der Waals surface area contributed by atoms with Crippen LogP contribution in [0.5, 0.6) is 0 Å². The second-order valence-corrected chi connectivity index (χ2v) is 8.65. The lowest BCUT2D eigenvalue weighted by Crippen LogP contribution is -2.27. The van der Waals surface area contributed by atoms with Crippen LogP contribution < -0.4 is 5.73 Å². The minimum atomic E-state index is -0.838. The molecule has 0 fully saturated rings. The van der Waals surface area contributed by atoms with Crippen LogP contribution in [0.4, 0.5) is 5.13 Å². The normalized spacial score (nSPS) is 11.8. The number of nitrogens with two attached hydrogens (primary N) is 1. The third kappa shape index (κ3) is 7.11. The average molecular weight is 469 g/mol. The third-order valence-corrected chi connectivity index (χ3v) is 4.58. The predicted molar refractivity (Wildman–Crippen MR) is 123 cm³/mol. The minimum absolute atomic E-state index is 0.0634. The van der Waals surface area contributed by atoms with Crippen molar-refractivity contribution in [3.63, 3.8) is 0 Å². The highest BCUT2D eigenvalue weighted by molar-refractivity contribution is 7.09. The van der Waals surface area contributed by atoms with E-state index in [4.69, 9.17) is 20.0 Å². The summed E-state index contributed by atoms with van der Waals surface area (Å²) < 4.78 is 15.0. The Bertz CT molecular complexity index is 1070. The molecule has 3 rings (SSSR count). The second kappa shape index (κ2) is 10.7. The zero-order valence-electron chi connectivity index (χ0n) is 18.4. The topological polar surface area (TPSA) is 126 Å². The van der Waals surface area contributed by atoms with Crippen LogP contribution in [-0.4, -0.2) is 39.2 Å². The number of nitrogens with zero attached hydrogens (tertiary/aromatic N) is 3. The van der Waals surface area contributed by atoms with Gasteiger partial charge in [-0.15, -0.1) is 0 Å². The summed E-state index contributed by atoms with van der Waals surface area (Å²) in [5, 5.41) is 3.92. The standard InChI is InChI=1S/C23H24N4O5S/c1-23(2,3)32-17(28)14-30-26-18(20-25-22(24)33-27-20)21(29)31-19(15-10-6-4-7-11-15)16-12-8-5-9-13-16/h4-13,19H,14H2,1-3H3,(H2,24,25,27). The van der Waals surface area contributed by atoms with Crippen molar-refractivity contribution in [2.45, 2.75) is 32.5 Å². The van der Waals surface area contributed by atoms with Crippen molar-refractivity contribution in [3.8, 4) is 0 Å². The van der Waals surface area contributed by atoms with Gasteiger partial charge in [0.25, 0.3) is 0 Å². The van der Waals surface area contributed by atoms with Gasteiger partial charge in [-0.05, 0) is 31.9 Å². The number of ether oxygens (including phenoxy) is 2. The fourth-order valence-corrected chi connectivity index (χ4v) is 3.20. The summed E-state index contributed by atoms with van der Waals surface area (Å²) in [6, 6.07) is 18.5. The maximum Gasteiger partial charge on any atom is 0.365 e. The van der Waals surface area contributed by atoms with Crippen LogP contribution in [0.2, 0.25) is 0 Å². The lowest BCUT2D eigenvalue weighted by molar-refractivity contribution is -0.160. The van der Waals surface area contributed by atoms with E-state index in [9.17, 15) is 9.59 Å². The lowest BCUT2D eigenvalue weighted by atomic mass is 10.0. The molecule has 1 heterocycles. The third-order valence-electron chi connectivity index (χ3n) is 4.03. The van der Waals surface area contributed by atoms with E-state index >= 15 is 0 Å². The first-order valence-corrected chi connectivity index (χ1v) is 10.8. The van der Waals surface area contributed by atoms with Gasteiger partial charge in [0.2, 0.25) is 18.1 Å². The van der Waals surface area contributed by atoms with Crippen molar-refractivity contribution in [1.29, 1.82) is 0 Å². The average Bonchev–Trinajstić information content (AvgIpc) is 3.20. The first-order chi connectivity index (χ1) is 15.7. The molecule has 0 saturated heterocycles. The Hall–Kier alpha value is -3.79. The number of hydrogen-bond donors (Lipinski definition) is 1. The Kier molecular flexibility index (Phi) is 7.73. The van der Waals surface area contributed by atoms with Gasteiger partial charge in [0.1, 0.15) is 5.60 Å². The molecule has 3 aromatic rings. The summed E-state index contributed by atoms with van der Waals surface area (Å²) in [6.07, 6.45) is -0.716. The van der Waals surface area contributed by atoms with Gasteiger partial charge in [0, 0.05) is 11.5 Å². The van der Waals surface area contributed by atoms with Gasteiger partial charge in [-0.1, -0.05) is 65.8 Å². The summed E-state index contributed by atoms with van der Waals surface area (Å²) in [7, 11) is 0. The molecule has 0 aliphatic heterocycles. The molecule has 0 aliphatic rings. The Balaban J connectivity index is 1.85. The van der Waals surface area contributed by atoms with Crippen molar-refractivity contribution in [3.05, 3.63) is 77.6 Å². The van der Waals surface area contributed by atoms with E-state index in [0.29, 0.717) is 0 Å². The molecule has 0 saturated carbocycles. The fourth-order valence-electron chi connectivity index (χ4n) is 2.77. The summed E-state index contributed by atoms with van der Waals surface area (Å²) in [6.45, 7) is 4.68. The zero-order valence-corrected chi connectivity index (χ0v) is 19.2. The van der Waals surface area contributed by atoms with Crippen LogP contribution in [-0.2, 0) is 23.9 Å². The molecule has 33 heavy (non-hydrogen) atoms. The van der Waals surface area contributed by atoms with E-state index in [-0.39, 0.29) is 16.7 Å². The van der Waals surface area contributed by atoms with Gasteiger partial charge in [-0.3, -0.25) is 0 Å². The molecular weight excluding hydrogens is 444 g/mol. The number of nitrogen functional groups attached to an aromatic ring is 1. The van der Waals surface area contributed by atoms with Crippen molar-refractivity contribution in [1.82, 2.24) is 9.36 Å². The molecule has 0 amide bonds. The molecule has 0 unspecified atom stereocenters. The summed E-state index contributed by atoms with van der Waals surface area (Å²) in [4.78, 5) is 34.1. The molecule has 2 N–H and O–H groups in total. The SMILES string of the molecule is CC(C)(C)OC(=O)CON=C(C(=O)OC(c1ccccc1)c1ccccc1)c1nsc(N)n1. The van der Waals surface area contributed by atoms with Crippen molar-refractivity contribution >= 4 is 34.3 Å². The van der Waals surface area contributed by atoms with Crippen LogP contribution in [0, 0.1) is 0 Å². The zero-order chi connectivity index (χ0) is 23.8. The molecule has 172 valence electrons. The van der Waals surface area contributed by atoms with Gasteiger partial charge >= 0.3 is 11.9 Å². The summed E-state index contributed by atoms with van der Waals surface area (Å²) >= 11 is 0.890. The number of esters is 2. The number of carbonyl (C=O) groups is 2. The van der Waals surface area contributed by atoms with Gasteiger partial charge in [-0.2, -0.15) is 9.36 Å². The first kappa shape index (κ1) is 23.9. The number of aromatic nitrogens is 2. The van der Waals surface area contributed by atoms with Crippen molar-refractivity contribution in [2.24, 2.45) is 5.16 Å². The van der Waals surface area contributed by atoms with E-state index in [1.807, 2.05) is 60.7 Å². The van der Waals surface area contributed by atoms with Gasteiger partial charge < -0.3 is 20.0 Å². The summed E-state index contributed by atoms with van der Waals surface area (Å²) in [5.74, 6) is -1.54.